The fourth-order valence-corrected chi connectivity index (χ4v) is 1.28. The first-order chi connectivity index (χ1) is 6.65. The molecule has 0 aliphatic heterocycles. The van der Waals surface area contributed by atoms with Gasteiger partial charge in [0.15, 0.2) is 0 Å². The minimum Gasteiger partial charge on any atom is -0.508 e. The molecule has 0 spiro atoms. The standard InChI is InChI=1S/C12H18O2/c1-4-5-6-14-12-8-9(2)7-11(13)10(12)3/h7-8,13H,4-6H2,1-3H3. The zero-order valence-corrected chi connectivity index (χ0v) is 9.13. The average molecular weight is 194 g/mol. The van der Waals surface area contributed by atoms with E-state index in [1.54, 1.807) is 6.07 Å². The third-order valence-corrected chi connectivity index (χ3v) is 2.23. The molecule has 1 N–H and O–H groups in total. The molecule has 1 aromatic rings. The van der Waals surface area contributed by atoms with E-state index in [1.165, 1.54) is 0 Å². The van der Waals surface area contributed by atoms with Crippen molar-refractivity contribution in [1.82, 2.24) is 0 Å². The van der Waals surface area contributed by atoms with Crippen LogP contribution in [0.2, 0.25) is 0 Å². The first kappa shape index (κ1) is 10.9. The van der Waals surface area contributed by atoms with E-state index in [0.29, 0.717) is 5.75 Å². The molecule has 1 rings (SSSR count). The highest BCUT2D eigenvalue weighted by Gasteiger charge is 2.05. The number of phenolic OH excluding ortho intramolecular Hbond substituents is 1. The molecule has 2 nitrogen and oxygen atoms in total. The Bertz CT molecular complexity index is 305. The van der Waals surface area contributed by atoms with E-state index in [0.717, 1.165) is 36.3 Å². The van der Waals surface area contributed by atoms with Gasteiger partial charge in [0.05, 0.1) is 6.61 Å². The van der Waals surface area contributed by atoms with Gasteiger partial charge in [0.25, 0.3) is 0 Å². The molecule has 0 radical (unpaired) electrons. The quantitative estimate of drug-likeness (QED) is 0.746. The summed E-state index contributed by atoms with van der Waals surface area (Å²) < 4.78 is 5.58. The Morgan fingerprint density at radius 3 is 2.64 bits per heavy atom. The molecule has 1 aromatic carbocycles. The van der Waals surface area contributed by atoms with Crippen LogP contribution in [-0.2, 0) is 0 Å². The van der Waals surface area contributed by atoms with Crippen molar-refractivity contribution in [3.63, 3.8) is 0 Å². The number of ether oxygens (including phenoxy) is 1. The van der Waals surface area contributed by atoms with Crippen LogP contribution < -0.4 is 4.74 Å². The Kier molecular flexibility index (Phi) is 3.81. The number of rotatable bonds is 4. The second kappa shape index (κ2) is 4.89. The van der Waals surface area contributed by atoms with Gasteiger partial charge in [-0.2, -0.15) is 0 Å². The summed E-state index contributed by atoms with van der Waals surface area (Å²) in [5.41, 5.74) is 1.85. The predicted molar refractivity (Wildman–Crippen MR) is 58.0 cm³/mol. The maximum absolute atomic E-state index is 9.56. The van der Waals surface area contributed by atoms with Crippen molar-refractivity contribution in [1.29, 1.82) is 0 Å². The van der Waals surface area contributed by atoms with Crippen LogP contribution in [-0.4, -0.2) is 11.7 Å². The molecule has 78 valence electrons. The highest BCUT2D eigenvalue weighted by molar-refractivity contribution is 5.45. The third kappa shape index (κ3) is 2.66. The Hall–Kier alpha value is -1.18. The van der Waals surface area contributed by atoms with Crippen LogP contribution in [0, 0.1) is 13.8 Å². The lowest BCUT2D eigenvalue weighted by Gasteiger charge is -2.10. The van der Waals surface area contributed by atoms with Gasteiger partial charge >= 0.3 is 0 Å². The molecular formula is C12H18O2. The highest BCUT2D eigenvalue weighted by atomic mass is 16.5. The number of benzene rings is 1. The number of aryl methyl sites for hydroxylation is 1. The molecule has 0 aliphatic rings. The average Bonchev–Trinajstić information content (AvgIpc) is 2.13. The van der Waals surface area contributed by atoms with Gasteiger partial charge in [-0.25, -0.2) is 0 Å². The Balaban J connectivity index is 2.75. The second-order valence-electron chi connectivity index (χ2n) is 3.61. The van der Waals surface area contributed by atoms with Crippen LogP contribution in [0.3, 0.4) is 0 Å². The van der Waals surface area contributed by atoms with Gasteiger partial charge in [-0.05, 0) is 38.0 Å². The van der Waals surface area contributed by atoms with Crippen molar-refractivity contribution in [2.45, 2.75) is 33.6 Å². The van der Waals surface area contributed by atoms with E-state index in [9.17, 15) is 5.11 Å². The molecule has 0 aromatic heterocycles. The molecule has 0 bridgehead atoms. The fourth-order valence-electron chi connectivity index (χ4n) is 1.28. The van der Waals surface area contributed by atoms with E-state index >= 15 is 0 Å². The summed E-state index contributed by atoms with van der Waals surface area (Å²) >= 11 is 0. The zero-order valence-electron chi connectivity index (χ0n) is 9.13. The summed E-state index contributed by atoms with van der Waals surface area (Å²) in [5, 5.41) is 9.56. The SMILES string of the molecule is CCCCOc1cc(C)cc(O)c1C. The minimum absolute atomic E-state index is 0.316. The van der Waals surface area contributed by atoms with E-state index < -0.39 is 0 Å². The maximum Gasteiger partial charge on any atom is 0.126 e. The van der Waals surface area contributed by atoms with Gasteiger partial charge in [-0.15, -0.1) is 0 Å². The van der Waals surface area contributed by atoms with Crippen molar-refractivity contribution in [2.24, 2.45) is 0 Å². The number of hydrogen-bond acceptors (Lipinski definition) is 2. The zero-order chi connectivity index (χ0) is 10.6. The number of aromatic hydroxyl groups is 1. The molecule has 0 fully saturated rings. The van der Waals surface area contributed by atoms with Crippen molar-refractivity contribution in [3.05, 3.63) is 23.3 Å². The second-order valence-corrected chi connectivity index (χ2v) is 3.61. The van der Waals surface area contributed by atoms with Crippen molar-refractivity contribution in [2.75, 3.05) is 6.61 Å². The van der Waals surface area contributed by atoms with Crippen molar-refractivity contribution in [3.8, 4) is 11.5 Å². The largest absolute Gasteiger partial charge is 0.508 e. The molecule has 14 heavy (non-hydrogen) atoms. The van der Waals surface area contributed by atoms with Gasteiger partial charge in [0, 0.05) is 5.56 Å². The molecule has 0 atom stereocenters. The number of hydrogen-bond donors (Lipinski definition) is 1. The first-order valence-corrected chi connectivity index (χ1v) is 5.08. The highest BCUT2D eigenvalue weighted by Crippen LogP contribution is 2.28. The molecule has 2 heteroatoms. The van der Waals surface area contributed by atoms with Crippen LogP contribution in [0.5, 0.6) is 11.5 Å². The number of phenols is 1. The molecule has 0 saturated carbocycles. The minimum atomic E-state index is 0.316. The van der Waals surface area contributed by atoms with Crippen LogP contribution >= 0.6 is 0 Å². The lowest BCUT2D eigenvalue weighted by Crippen LogP contribution is -1.98. The molecule has 0 heterocycles. The Morgan fingerprint density at radius 1 is 1.29 bits per heavy atom. The molecular weight excluding hydrogens is 176 g/mol. The van der Waals surface area contributed by atoms with Crippen LogP contribution in [0.15, 0.2) is 12.1 Å². The molecule has 0 saturated heterocycles. The summed E-state index contributed by atoms with van der Waals surface area (Å²) in [5.74, 6) is 1.12. The van der Waals surface area contributed by atoms with Gasteiger partial charge < -0.3 is 9.84 Å². The summed E-state index contributed by atoms with van der Waals surface area (Å²) in [7, 11) is 0. The van der Waals surface area contributed by atoms with E-state index in [-0.39, 0.29) is 0 Å². The molecule has 0 amide bonds. The molecule has 0 aliphatic carbocycles. The number of unbranched alkanes of at least 4 members (excludes halogenated alkanes) is 1. The van der Waals surface area contributed by atoms with Gasteiger partial charge in [-0.1, -0.05) is 13.3 Å². The Morgan fingerprint density at radius 2 is 2.00 bits per heavy atom. The van der Waals surface area contributed by atoms with E-state index in [2.05, 4.69) is 6.92 Å². The van der Waals surface area contributed by atoms with Crippen LogP contribution in [0.25, 0.3) is 0 Å². The monoisotopic (exact) mass is 194 g/mol. The topological polar surface area (TPSA) is 29.5 Å². The third-order valence-electron chi connectivity index (χ3n) is 2.23. The summed E-state index contributed by atoms with van der Waals surface area (Å²) in [6.07, 6.45) is 2.17. The van der Waals surface area contributed by atoms with Crippen LogP contribution in [0.1, 0.15) is 30.9 Å². The van der Waals surface area contributed by atoms with E-state index in [4.69, 9.17) is 4.74 Å². The van der Waals surface area contributed by atoms with Gasteiger partial charge in [0.1, 0.15) is 11.5 Å². The molecule has 0 unspecified atom stereocenters. The summed E-state index contributed by atoms with van der Waals surface area (Å²) in [6, 6.07) is 3.72. The predicted octanol–water partition coefficient (Wildman–Crippen LogP) is 3.19. The normalized spacial score (nSPS) is 10.2. The summed E-state index contributed by atoms with van der Waals surface area (Å²) in [6.45, 7) is 6.67. The van der Waals surface area contributed by atoms with Gasteiger partial charge in [-0.3, -0.25) is 0 Å². The lowest BCUT2D eigenvalue weighted by molar-refractivity contribution is 0.305. The van der Waals surface area contributed by atoms with Gasteiger partial charge in [0.2, 0.25) is 0 Å². The summed E-state index contributed by atoms with van der Waals surface area (Å²) in [4.78, 5) is 0. The Labute approximate surface area is 85.5 Å². The maximum atomic E-state index is 9.56. The fraction of sp³-hybridized carbons (Fsp3) is 0.500. The van der Waals surface area contributed by atoms with E-state index in [1.807, 2.05) is 19.9 Å². The van der Waals surface area contributed by atoms with Crippen molar-refractivity contribution < 1.29 is 9.84 Å². The first-order valence-electron chi connectivity index (χ1n) is 5.08. The van der Waals surface area contributed by atoms with Crippen molar-refractivity contribution >= 4 is 0 Å². The smallest absolute Gasteiger partial charge is 0.126 e. The van der Waals surface area contributed by atoms with Crippen LogP contribution in [0.4, 0.5) is 0 Å². The lowest BCUT2D eigenvalue weighted by atomic mass is 10.1.